The Labute approximate surface area is 95.6 Å². The van der Waals surface area contributed by atoms with E-state index < -0.39 is 0 Å². The molecule has 0 radical (unpaired) electrons. The van der Waals surface area contributed by atoms with Gasteiger partial charge in [-0.05, 0) is 19.7 Å². The molecule has 0 aliphatic carbocycles. The van der Waals surface area contributed by atoms with E-state index in [1.807, 2.05) is 49.3 Å². The fourth-order valence-corrected chi connectivity index (χ4v) is 1.93. The molecule has 1 nitrogen and oxygen atoms in total. The first-order valence-electron chi connectivity index (χ1n) is 4.59. The van der Waals surface area contributed by atoms with Crippen LogP contribution >= 0.6 is 23.2 Å². The van der Waals surface area contributed by atoms with E-state index in [1.54, 1.807) is 0 Å². The Morgan fingerprint density at radius 3 is 2.21 bits per heavy atom. The van der Waals surface area contributed by atoms with Crippen LogP contribution in [0.15, 0.2) is 30.3 Å². The van der Waals surface area contributed by atoms with Gasteiger partial charge in [-0.3, -0.25) is 0 Å². The molecule has 0 fully saturated rings. The van der Waals surface area contributed by atoms with Gasteiger partial charge in [-0.25, -0.2) is 0 Å². The van der Waals surface area contributed by atoms with Crippen LogP contribution in [0.2, 0.25) is 0 Å². The van der Waals surface area contributed by atoms with Crippen molar-refractivity contribution in [2.45, 2.75) is 10.8 Å². The second-order valence-electron chi connectivity index (χ2n) is 3.59. The summed E-state index contributed by atoms with van der Waals surface area (Å²) >= 11 is 12.4. The molecule has 1 aromatic rings. The van der Waals surface area contributed by atoms with Gasteiger partial charge in [0.05, 0.1) is 10.8 Å². The molecule has 0 saturated heterocycles. The van der Waals surface area contributed by atoms with Crippen molar-refractivity contribution in [2.24, 2.45) is 0 Å². The minimum Gasteiger partial charge on any atom is -0.308 e. The largest absolute Gasteiger partial charge is 0.308 e. The number of hydrogen-bond donors (Lipinski definition) is 0. The highest BCUT2D eigenvalue weighted by Gasteiger charge is 2.18. The third-order valence-corrected chi connectivity index (χ3v) is 3.05. The lowest BCUT2D eigenvalue weighted by molar-refractivity contribution is 0.401. The van der Waals surface area contributed by atoms with Crippen LogP contribution in [-0.2, 0) is 0 Å². The van der Waals surface area contributed by atoms with Gasteiger partial charge in [0.25, 0.3) is 0 Å². The first-order valence-corrected chi connectivity index (χ1v) is 5.46. The topological polar surface area (TPSA) is 3.24 Å². The summed E-state index contributed by atoms with van der Waals surface area (Å²) in [6.07, 6.45) is 0. The van der Waals surface area contributed by atoms with Crippen LogP contribution < -0.4 is 0 Å². The van der Waals surface area contributed by atoms with E-state index in [1.165, 1.54) is 0 Å². The van der Waals surface area contributed by atoms with Crippen molar-refractivity contribution in [1.82, 2.24) is 4.90 Å². The molecule has 0 aliphatic heterocycles. The van der Waals surface area contributed by atoms with Crippen LogP contribution in [-0.4, -0.2) is 30.9 Å². The van der Waals surface area contributed by atoms with Crippen molar-refractivity contribution < 1.29 is 0 Å². The van der Waals surface area contributed by atoms with E-state index in [2.05, 4.69) is 0 Å². The van der Waals surface area contributed by atoms with Crippen LogP contribution in [0.3, 0.4) is 0 Å². The molecule has 0 bridgehead atoms. The second kappa shape index (κ2) is 5.59. The van der Waals surface area contributed by atoms with Gasteiger partial charge in [0.1, 0.15) is 0 Å². The third kappa shape index (κ3) is 3.49. The highest BCUT2D eigenvalue weighted by Crippen LogP contribution is 2.27. The Morgan fingerprint density at radius 2 is 1.71 bits per heavy atom. The molecule has 0 unspecified atom stereocenters. The van der Waals surface area contributed by atoms with Crippen molar-refractivity contribution in [2.75, 3.05) is 20.6 Å². The van der Waals surface area contributed by atoms with E-state index in [0.29, 0.717) is 0 Å². The summed E-state index contributed by atoms with van der Waals surface area (Å²) in [6, 6.07) is 9.93. The molecule has 0 heterocycles. The Balaban J connectivity index is 2.61. The molecule has 0 aliphatic rings. The zero-order valence-electron chi connectivity index (χ0n) is 8.45. The van der Waals surface area contributed by atoms with Gasteiger partial charge in [0.15, 0.2) is 0 Å². The Hall–Kier alpha value is -0.240. The summed E-state index contributed by atoms with van der Waals surface area (Å²) in [5.74, 6) is 0. The summed E-state index contributed by atoms with van der Waals surface area (Å²) in [7, 11) is 3.98. The Bertz CT molecular complexity index is 261. The molecule has 0 aromatic heterocycles. The molecular formula is C11H15Cl2N. The molecule has 2 atom stereocenters. The van der Waals surface area contributed by atoms with Crippen LogP contribution in [0.25, 0.3) is 0 Å². The van der Waals surface area contributed by atoms with Gasteiger partial charge >= 0.3 is 0 Å². The van der Waals surface area contributed by atoms with Gasteiger partial charge in [0, 0.05) is 6.54 Å². The van der Waals surface area contributed by atoms with Crippen molar-refractivity contribution >= 4 is 23.2 Å². The maximum absolute atomic E-state index is 6.24. The molecule has 14 heavy (non-hydrogen) atoms. The number of rotatable bonds is 4. The molecule has 78 valence electrons. The lowest BCUT2D eigenvalue weighted by Crippen LogP contribution is -2.25. The Kier molecular flexibility index (Phi) is 4.73. The van der Waals surface area contributed by atoms with E-state index in [9.17, 15) is 0 Å². The first-order chi connectivity index (χ1) is 6.61. The zero-order valence-corrected chi connectivity index (χ0v) is 9.96. The lowest BCUT2D eigenvalue weighted by Gasteiger charge is -2.19. The van der Waals surface area contributed by atoms with Gasteiger partial charge in [-0.15, -0.1) is 23.2 Å². The van der Waals surface area contributed by atoms with Gasteiger partial charge < -0.3 is 4.90 Å². The fraction of sp³-hybridized carbons (Fsp3) is 0.455. The molecule has 1 rings (SSSR count). The summed E-state index contributed by atoms with van der Waals surface area (Å²) < 4.78 is 0. The molecule has 0 spiro atoms. The summed E-state index contributed by atoms with van der Waals surface area (Å²) in [5.41, 5.74) is 1.08. The second-order valence-corrected chi connectivity index (χ2v) is 4.62. The standard InChI is InChI=1S/C11H15Cl2N/c1-14(2)8-10(12)11(13)9-6-4-3-5-7-9/h3-7,10-11H,8H2,1-2H3/t10-,11+/m0/s1. The maximum Gasteiger partial charge on any atom is 0.0761 e. The van der Waals surface area contributed by atoms with E-state index in [0.717, 1.165) is 12.1 Å². The number of halogens is 2. The normalized spacial score (nSPS) is 15.5. The smallest absolute Gasteiger partial charge is 0.0761 e. The van der Waals surface area contributed by atoms with Crippen molar-refractivity contribution in [3.05, 3.63) is 35.9 Å². The first kappa shape index (κ1) is 11.8. The molecule has 0 amide bonds. The lowest BCUT2D eigenvalue weighted by atomic mass is 10.1. The van der Waals surface area contributed by atoms with Crippen LogP contribution in [0.1, 0.15) is 10.9 Å². The molecule has 0 saturated carbocycles. The van der Waals surface area contributed by atoms with Crippen LogP contribution in [0.5, 0.6) is 0 Å². The highest BCUT2D eigenvalue weighted by atomic mass is 35.5. The minimum absolute atomic E-state index is 0.0610. The predicted molar refractivity (Wildman–Crippen MR) is 63.2 cm³/mol. The fourth-order valence-electron chi connectivity index (χ4n) is 1.29. The average Bonchev–Trinajstić information content (AvgIpc) is 2.17. The Morgan fingerprint density at radius 1 is 1.14 bits per heavy atom. The number of nitrogens with zero attached hydrogens (tertiary/aromatic N) is 1. The molecule has 0 N–H and O–H groups in total. The van der Waals surface area contributed by atoms with Crippen LogP contribution in [0, 0.1) is 0 Å². The predicted octanol–water partition coefficient (Wildman–Crippen LogP) is 3.14. The van der Waals surface area contributed by atoms with E-state index >= 15 is 0 Å². The third-order valence-electron chi connectivity index (χ3n) is 1.98. The zero-order chi connectivity index (χ0) is 10.6. The van der Waals surface area contributed by atoms with E-state index in [4.69, 9.17) is 23.2 Å². The van der Waals surface area contributed by atoms with E-state index in [-0.39, 0.29) is 10.8 Å². The monoisotopic (exact) mass is 231 g/mol. The van der Waals surface area contributed by atoms with Crippen molar-refractivity contribution in [3.63, 3.8) is 0 Å². The van der Waals surface area contributed by atoms with Gasteiger partial charge in [-0.1, -0.05) is 30.3 Å². The highest BCUT2D eigenvalue weighted by molar-refractivity contribution is 6.30. The molecule has 3 heteroatoms. The molecule has 1 aromatic carbocycles. The molecular weight excluding hydrogens is 217 g/mol. The van der Waals surface area contributed by atoms with Gasteiger partial charge in [-0.2, -0.15) is 0 Å². The minimum atomic E-state index is -0.125. The number of benzene rings is 1. The summed E-state index contributed by atoms with van der Waals surface area (Å²) in [4.78, 5) is 2.04. The average molecular weight is 232 g/mol. The maximum atomic E-state index is 6.24. The SMILES string of the molecule is CN(C)C[C@H](Cl)[C@H](Cl)c1ccccc1. The van der Waals surface area contributed by atoms with Crippen molar-refractivity contribution in [3.8, 4) is 0 Å². The summed E-state index contributed by atoms with van der Waals surface area (Å²) in [5, 5.41) is -0.186. The quantitative estimate of drug-likeness (QED) is 0.721. The number of hydrogen-bond acceptors (Lipinski definition) is 1. The van der Waals surface area contributed by atoms with Gasteiger partial charge in [0.2, 0.25) is 0 Å². The van der Waals surface area contributed by atoms with Crippen LogP contribution in [0.4, 0.5) is 0 Å². The summed E-state index contributed by atoms with van der Waals surface area (Å²) in [6.45, 7) is 0.782. The van der Waals surface area contributed by atoms with Crippen molar-refractivity contribution in [1.29, 1.82) is 0 Å². The number of alkyl halides is 2.